The molecule has 0 radical (unpaired) electrons. The number of carbonyl (C=O) groups excluding carboxylic acids is 2. The van der Waals surface area contributed by atoms with E-state index in [0.717, 1.165) is 5.69 Å². The normalized spacial score (nSPS) is 25.0. The third kappa shape index (κ3) is 4.18. The van der Waals surface area contributed by atoms with E-state index in [1.807, 2.05) is 47.2 Å². The largest absolute Gasteiger partial charge is 0.389 e. The number of benzene rings is 1. The monoisotopic (exact) mass is 374 g/mol. The Balaban J connectivity index is 1.62. The fourth-order valence-electron chi connectivity index (χ4n) is 4.06. The number of hydrogen-bond acceptors (Lipinski definition) is 4. The molecule has 0 aromatic heterocycles. The number of likely N-dealkylation sites (N-methyl/N-ethyl adjacent to an activating group) is 1. The molecule has 1 N–H and O–H groups in total. The lowest BCUT2D eigenvalue weighted by Gasteiger charge is -2.50. The molecule has 2 aliphatic rings. The molecule has 148 valence electrons. The SMILES string of the molecule is CN(C)C(=O)N1CC[C@@]2(O)CCN(C(=O)CN(C)c3ccccc3)C[C@H]2C1. The maximum atomic E-state index is 12.8. The smallest absolute Gasteiger partial charge is 0.319 e. The summed E-state index contributed by atoms with van der Waals surface area (Å²) in [5.74, 6) is -0.0469. The molecule has 3 amide bonds. The van der Waals surface area contributed by atoms with Crippen LogP contribution in [0.1, 0.15) is 12.8 Å². The van der Waals surface area contributed by atoms with Gasteiger partial charge in [0.1, 0.15) is 0 Å². The molecular weight excluding hydrogens is 344 g/mol. The number of aliphatic hydroxyl groups is 1. The van der Waals surface area contributed by atoms with Crippen molar-refractivity contribution in [2.24, 2.45) is 5.92 Å². The van der Waals surface area contributed by atoms with Gasteiger partial charge in [-0.2, -0.15) is 0 Å². The van der Waals surface area contributed by atoms with Crippen LogP contribution >= 0.6 is 0 Å². The Morgan fingerprint density at radius 1 is 1.07 bits per heavy atom. The van der Waals surface area contributed by atoms with Crippen LogP contribution in [0.25, 0.3) is 0 Å². The Morgan fingerprint density at radius 2 is 1.67 bits per heavy atom. The topological polar surface area (TPSA) is 67.3 Å². The van der Waals surface area contributed by atoms with Gasteiger partial charge in [-0.05, 0) is 25.0 Å². The first-order chi connectivity index (χ1) is 12.8. The quantitative estimate of drug-likeness (QED) is 0.860. The Morgan fingerprint density at radius 3 is 2.30 bits per heavy atom. The number of amides is 3. The first kappa shape index (κ1) is 19.5. The third-order valence-corrected chi connectivity index (χ3v) is 5.85. The Labute approximate surface area is 161 Å². The summed E-state index contributed by atoms with van der Waals surface area (Å²) in [6.07, 6.45) is 1.14. The van der Waals surface area contributed by atoms with Gasteiger partial charge in [-0.1, -0.05) is 18.2 Å². The van der Waals surface area contributed by atoms with E-state index in [0.29, 0.717) is 45.6 Å². The lowest BCUT2D eigenvalue weighted by atomic mass is 9.75. The summed E-state index contributed by atoms with van der Waals surface area (Å²) in [7, 11) is 5.38. The number of nitrogens with zero attached hydrogens (tertiary/aromatic N) is 4. The number of rotatable bonds is 3. The first-order valence-corrected chi connectivity index (χ1v) is 9.53. The molecule has 0 aliphatic carbocycles. The predicted octanol–water partition coefficient (Wildman–Crippen LogP) is 1.09. The van der Waals surface area contributed by atoms with E-state index in [9.17, 15) is 14.7 Å². The van der Waals surface area contributed by atoms with Crippen molar-refractivity contribution in [3.63, 3.8) is 0 Å². The molecular formula is C20H30N4O3. The second kappa shape index (κ2) is 7.76. The van der Waals surface area contributed by atoms with Crippen LogP contribution in [0, 0.1) is 5.92 Å². The first-order valence-electron chi connectivity index (χ1n) is 9.53. The van der Waals surface area contributed by atoms with Crippen LogP contribution in [0.2, 0.25) is 0 Å². The van der Waals surface area contributed by atoms with E-state index in [4.69, 9.17) is 0 Å². The molecule has 2 atom stereocenters. The molecule has 0 bridgehead atoms. The number of carbonyl (C=O) groups is 2. The van der Waals surface area contributed by atoms with Gasteiger partial charge in [0.05, 0.1) is 12.1 Å². The maximum absolute atomic E-state index is 12.8. The van der Waals surface area contributed by atoms with Crippen molar-refractivity contribution in [2.75, 3.05) is 58.8 Å². The molecule has 0 saturated carbocycles. The lowest BCUT2D eigenvalue weighted by molar-refractivity contribution is -0.143. The number of piperidine rings is 2. The fraction of sp³-hybridized carbons (Fsp3) is 0.600. The average molecular weight is 374 g/mol. The van der Waals surface area contributed by atoms with Crippen molar-refractivity contribution in [2.45, 2.75) is 18.4 Å². The van der Waals surface area contributed by atoms with Crippen LogP contribution < -0.4 is 4.90 Å². The summed E-state index contributed by atoms with van der Waals surface area (Å²) in [6.45, 7) is 2.42. The van der Waals surface area contributed by atoms with Crippen molar-refractivity contribution in [1.29, 1.82) is 0 Å². The van der Waals surface area contributed by atoms with Crippen molar-refractivity contribution in [1.82, 2.24) is 14.7 Å². The summed E-state index contributed by atoms with van der Waals surface area (Å²) >= 11 is 0. The van der Waals surface area contributed by atoms with Gasteiger partial charge in [0.15, 0.2) is 0 Å². The second-order valence-corrected chi connectivity index (χ2v) is 7.95. The molecule has 2 aliphatic heterocycles. The maximum Gasteiger partial charge on any atom is 0.319 e. The Kier molecular flexibility index (Phi) is 5.60. The molecule has 3 rings (SSSR count). The van der Waals surface area contributed by atoms with Crippen molar-refractivity contribution in [3.8, 4) is 0 Å². The van der Waals surface area contributed by atoms with Crippen LogP contribution in [-0.2, 0) is 4.79 Å². The zero-order valence-corrected chi connectivity index (χ0v) is 16.5. The van der Waals surface area contributed by atoms with Crippen LogP contribution in [0.5, 0.6) is 0 Å². The molecule has 1 aromatic carbocycles. The van der Waals surface area contributed by atoms with Crippen molar-refractivity contribution < 1.29 is 14.7 Å². The number of para-hydroxylation sites is 1. The van der Waals surface area contributed by atoms with Gasteiger partial charge in [0.2, 0.25) is 5.91 Å². The van der Waals surface area contributed by atoms with Gasteiger partial charge in [-0.25, -0.2) is 4.79 Å². The molecule has 7 heteroatoms. The highest BCUT2D eigenvalue weighted by Gasteiger charge is 2.46. The van der Waals surface area contributed by atoms with E-state index in [-0.39, 0.29) is 17.9 Å². The van der Waals surface area contributed by atoms with Gasteiger partial charge in [0, 0.05) is 58.9 Å². The predicted molar refractivity (Wildman–Crippen MR) is 105 cm³/mol. The van der Waals surface area contributed by atoms with Gasteiger partial charge < -0.3 is 24.7 Å². The van der Waals surface area contributed by atoms with E-state index < -0.39 is 5.60 Å². The number of likely N-dealkylation sites (tertiary alicyclic amines) is 2. The number of fused-ring (bicyclic) bond motifs is 1. The second-order valence-electron chi connectivity index (χ2n) is 7.95. The van der Waals surface area contributed by atoms with Crippen LogP contribution in [0.15, 0.2) is 30.3 Å². The molecule has 2 heterocycles. The number of urea groups is 1. The van der Waals surface area contributed by atoms with Gasteiger partial charge in [-0.15, -0.1) is 0 Å². The van der Waals surface area contributed by atoms with Crippen LogP contribution in [-0.4, -0.2) is 91.2 Å². The highest BCUT2D eigenvalue weighted by molar-refractivity contribution is 5.81. The minimum absolute atomic E-state index is 0.0377. The van der Waals surface area contributed by atoms with Crippen LogP contribution in [0.4, 0.5) is 10.5 Å². The van der Waals surface area contributed by atoms with Gasteiger partial charge in [0.25, 0.3) is 0 Å². The summed E-state index contributed by atoms with van der Waals surface area (Å²) in [5, 5.41) is 11.0. The molecule has 0 unspecified atom stereocenters. The minimum atomic E-state index is -0.773. The summed E-state index contributed by atoms with van der Waals surface area (Å²) in [4.78, 5) is 32.2. The standard InChI is InChI=1S/C20H30N4O3/c1-21(2)19(26)24-12-10-20(27)9-11-23(13-16(20)14-24)18(25)15-22(3)17-7-5-4-6-8-17/h4-8,16,27H,9-15H2,1-3H3/t16-,20-/m0/s1. The molecule has 2 saturated heterocycles. The zero-order chi connectivity index (χ0) is 19.6. The number of anilines is 1. The molecule has 0 spiro atoms. The van der Waals surface area contributed by atoms with E-state index in [1.165, 1.54) is 0 Å². The van der Waals surface area contributed by atoms with Gasteiger partial charge >= 0.3 is 6.03 Å². The summed E-state index contributed by atoms with van der Waals surface area (Å²) in [6, 6.07) is 9.78. The minimum Gasteiger partial charge on any atom is -0.389 e. The zero-order valence-electron chi connectivity index (χ0n) is 16.5. The molecule has 1 aromatic rings. The lowest BCUT2D eigenvalue weighted by Crippen LogP contribution is -2.62. The average Bonchev–Trinajstić information content (AvgIpc) is 2.66. The van der Waals surface area contributed by atoms with Gasteiger partial charge in [-0.3, -0.25) is 4.79 Å². The van der Waals surface area contributed by atoms with Crippen molar-refractivity contribution in [3.05, 3.63) is 30.3 Å². The number of hydrogen-bond donors (Lipinski definition) is 1. The third-order valence-electron chi connectivity index (χ3n) is 5.85. The summed E-state index contributed by atoms with van der Waals surface area (Å²) < 4.78 is 0. The van der Waals surface area contributed by atoms with E-state index in [1.54, 1.807) is 23.9 Å². The summed E-state index contributed by atoms with van der Waals surface area (Å²) in [5.41, 5.74) is 0.227. The molecule has 7 nitrogen and oxygen atoms in total. The fourth-order valence-corrected chi connectivity index (χ4v) is 4.06. The van der Waals surface area contributed by atoms with Crippen molar-refractivity contribution >= 4 is 17.6 Å². The van der Waals surface area contributed by atoms with E-state index in [2.05, 4.69) is 0 Å². The highest BCUT2D eigenvalue weighted by atomic mass is 16.3. The Bertz CT molecular complexity index is 681. The van der Waals surface area contributed by atoms with E-state index >= 15 is 0 Å². The molecule has 27 heavy (non-hydrogen) atoms. The van der Waals surface area contributed by atoms with Crippen LogP contribution in [0.3, 0.4) is 0 Å². The highest BCUT2D eigenvalue weighted by Crippen LogP contribution is 2.35. The Hall–Kier alpha value is -2.28. The molecule has 2 fully saturated rings.